The lowest BCUT2D eigenvalue weighted by Gasteiger charge is -2.45. The van der Waals surface area contributed by atoms with Crippen molar-refractivity contribution in [2.45, 2.75) is 70.7 Å². The smallest absolute Gasteiger partial charge is 0.109 e. The van der Waals surface area contributed by atoms with Gasteiger partial charge in [-0.1, -0.05) is 31.5 Å². The van der Waals surface area contributed by atoms with E-state index in [9.17, 15) is 0 Å². The maximum absolute atomic E-state index is 4.69. The van der Waals surface area contributed by atoms with Gasteiger partial charge in [0.1, 0.15) is 13.7 Å². The highest BCUT2D eigenvalue weighted by atomic mass is 15.2. The van der Waals surface area contributed by atoms with Gasteiger partial charge in [0.05, 0.1) is 0 Å². The largest absolute Gasteiger partial charge is 0.358 e. The third-order valence-corrected chi connectivity index (χ3v) is 5.35. The van der Waals surface area contributed by atoms with Crippen molar-refractivity contribution in [1.29, 1.82) is 0 Å². The predicted molar refractivity (Wildman–Crippen MR) is 86.8 cm³/mol. The first-order valence-electron chi connectivity index (χ1n) is 8.18. The molecule has 2 rings (SSSR count). The molecule has 0 amide bonds. The average Bonchev–Trinajstić information content (AvgIpc) is 2.34. The zero-order valence-electron chi connectivity index (χ0n) is 13.6. The number of nitrogens with zero attached hydrogens (tertiary/aromatic N) is 2. The number of piperidine rings is 1. The minimum Gasteiger partial charge on any atom is -0.358 e. The molecule has 1 aliphatic carbocycles. The van der Waals surface area contributed by atoms with Gasteiger partial charge in [-0.05, 0) is 39.0 Å². The topological polar surface area (TPSA) is 15.6 Å². The maximum Gasteiger partial charge on any atom is 0.109 e. The Labute approximate surface area is 120 Å². The van der Waals surface area contributed by atoms with E-state index in [2.05, 4.69) is 38.5 Å². The molecule has 0 aromatic rings. The summed E-state index contributed by atoms with van der Waals surface area (Å²) in [5, 5.41) is 0.559. The Hall–Kier alpha value is -0.465. The average molecular weight is 262 g/mol. The highest BCUT2D eigenvalue weighted by Gasteiger charge is 2.37. The summed E-state index contributed by atoms with van der Waals surface area (Å²) < 4.78 is 0. The highest BCUT2D eigenvalue weighted by Crippen LogP contribution is 2.43. The molecule has 0 aromatic carbocycles. The van der Waals surface area contributed by atoms with Crippen LogP contribution in [0.3, 0.4) is 0 Å². The molecule has 0 N–H and O–H groups in total. The van der Waals surface area contributed by atoms with Gasteiger partial charge in [0.15, 0.2) is 0 Å². The Kier molecular flexibility index (Phi) is 4.63. The quantitative estimate of drug-likeness (QED) is 0.663. The molecule has 108 valence electrons. The number of amidine groups is 1. The summed E-state index contributed by atoms with van der Waals surface area (Å²) >= 11 is 0. The van der Waals surface area contributed by atoms with Crippen molar-refractivity contribution >= 4 is 13.7 Å². The molecule has 1 saturated heterocycles. The van der Waals surface area contributed by atoms with E-state index >= 15 is 0 Å². The lowest BCUT2D eigenvalue weighted by atomic mass is 9.60. The Morgan fingerprint density at radius 2 is 2.00 bits per heavy atom. The number of likely N-dealkylation sites (tertiary alicyclic amines) is 1. The summed E-state index contributed by atoms with van der Waals surface area (Å²) in [6, 6.07) is 0.599. The predicted octanol–water partition coefficient (Wildman–Crippen LogP) is 3.14. The van der Waals surface area contributed by atoms with Crippen molar-refractivity contribution in [3.05, 3.63) is 0 Å². The molecule has 19 heavy (non-hydrogen) atoms. The molecule has 3 atom stereocenters. The van der Waals surface area contributed by atoms with Crippen LogP contribution in [0.2, 0.25) is 5.31 Å². The SMILES string of the molecule is BC1(C)CCCC2/C(=N\C)N(C(C)C)CCC2CC1. The Morgan fingerprint density at radius 3 is 2.63 bits per heavy atom. The van der Waals surface area contributed by atoms with Crippen molar-refractivity contribution in [2.75, 3.05) is 13.6 Å². The summed E-state index contributed by atoms with van der Waals surface area (Å²) in [5.74, 6) is 3.02. The zero-order valence-corrected chi connectivity index (χ0v) is 13.6. The molecular weight excluding hydrogens is 231 g/mol. The van der Waals surface area contributed by atoms with E-state index in [4.69, 9.17) is 0 Å². The second-order valence-electron chi connectivity index (χ2n) is 7.62. The van der Waals surface area contributed by atoms with Gasteiger partial charge in [0, 0.05) is 25.6 Å². The van der Waals surface area contributed by atoms with Crippen LogP contribution in [0.1, 0.15) is 59.3 Å². The number of hydrogen-bond donors (Lipinski definition) is 0. The zero-order chi connectivity index (χ0) is 14.0. The lowest BCUT2D eigenvalue weighted by Crippen LogP contribution is -2.49. The van der Waals surface area contributed by atoms with E-state index in [0.29, 0.717) is 11.4 Å². The molecule has 2 fully saturated rings. The fraction of sp³-hybridized carbons (Fsp3) is 0.938. The first kappa shape index (κ1) is 14.9. The van der Waals surface area contributed by atoms with Gasteiger partial charge in [-0.3, -0.25) is 4.99 Å². The number of aliphatic imine (C=N–C) groups is 1. The first-order chi connectivity index (χ1) is 8.94. The number of hydrogen-bond acceptors (Lipinski definition) is 1. The molecule has 1 saturated carbocycles. The van der Waals surface area contributed by atoms with Crippen LogP contribution in [0, 0.1) is 11.8 Å². The normalized spacial score (nSPS) is 39.0. The third-order valence-electron chi connectivity index (χ3n) is 5.35. The van der Waals surface area contributed by atoms with E-state index in [1.165, 1.54) is 50.9 Å². The molecule has 2 nitrogen and oxygen atoms in total. The van der Waals surface area contributed by atoms with Gasteiger partial charge >= 0.3 is 0 Å². The van der Waals surface area contributed by atoms with E-state index in [-0.39, 0.29) is 0 Å². The van der Waals surface area contributed by atoms with Crippen LogP contribution < -0.4 is 0 Å². The molecule has 1 aliphatic heterocycles. The van der Waals surface area contributed by atoms with Crippen molar-refractivity contribution in [1.82, 2.24) is 4.90 Å². The molecule has 1 heterocycles. The van der Waals surface area contributed by atoms with E-state index in [1.54, 1.807) is 0 Å². The van der Waals surface area contributed by atoms with Crippen molar-refractivity contribution in [2.24, 2.45) is 16.8 Å². The Morgan fingerprint density at radius 1 is 1.26 bits per heavy atom. The van der Waals surface area contributed by atoms with E-state index in [1.807, 2.05) is 7.05 Å². The summed E-state index contributed by atoms with van der Waals surface area (Å²) in [7, 11) is 4.45. The van der Waals surface area contributed by atoms with Crippen molar-refractivity contribution in [3.8, 4) is 0 Å². The monoisotopic (exact) mass is 262 g/mol. The molecule has 2 aliphatic rings. The molecule has 0 aromatic heterocycles. The number of fused-ring (bicyclic) bond motifs is 1. The van der Waals surface area contributed by atoms with Crippen LogP contribution in [0.4, 0.5) is 0 Å². The van der Waals surface area contributed by atoms with Crippen molar-refractivity contribution in [3.63, 3.8) is 0 Å². The first-order valence-corrected chi connectivity index (χ1v) is 8.18. The molecule has 0 bridgehead atoms. The summed E-state index contributed by atoms with van der Waals surface area (Å²) in [6.07, 6.45) is 8.28. The van der Waals surface area contributed by atoms with Crippen LogP contribution in [0.5, 0.6) is 0 Å². The molecule has 3 unspecified atom stereocenters. The van der Waals surface area contributed by atoms with Crippen LogP contribution in [0.15, 0.2) is 4.99 Å². The van der Waals surface area contributed by atoms with Crippen LogP contribution in [0.25, 0.3) is 0 Å². The van der Waals surface area contributed by atoms with Gasteiger partial charge < -0.3 is 4.90 Å². The molecule has 0 radical (unpaired) electrons. The Bertz CT molecular complexity index is 336. The van der Waals surface area contributed by atoms with Gasteiger partial charge in [0.2, 0.25) is 0 Å². The van der Waals surface area contributed by atoms with Crippen LogP contribution >= 0.6 is 0 Å². The standard InChI is InChI=1S/C16H31BN2/c1-12(2)19-11-8-13-7-10-16(3,17)9-5-6-14(13)15(19)18-4/h12-14H,5-11,17H2,1-4H3/b18-15+. The minimum absolute atomic E-state index is 0.559. The van der Waals surface area contributed by atoms with Gasteiger partial charge in [-0.15, -0.1) is 0 Å². The lowest BCUT2D eigenvalue weighted by molar-refractivity contribution is 0.188. The fourth-order valence-corrected chi connectivity index (χ4v) is 4.07. The van der Waals surface area contributed by atoms with Crippen LogP contribution in [-0.4, -0.2) is 38.2 Å². The summed E-state index contributed by atoms with van der Waals surface area (Å²) in [4.78, 5) is 7.24. The Balaban J connectivity index is 2.13. The number of rotatable bonds is 1. The fourth-order valence-electron chi connectivity index (χ4n) is 4.07. The third kappa shape index (κ3) is 3.35. The minimum atomic E-state index is 0.559. The summed E-state index contributed by atoms with van der Waals surface area (Å²) in [5.41, 5.74) is 0. The van der Waals surface area contributed by atoms with Gasteiger partial charge in [-0.25, -0.2) is 0 Å². The molecular formula is C16H31BN2. The second-order valence-corrected chi connectivity index (χ2v) is 7.62. The van der Waals surface area contributed by atoms with Gasteiger partial charge in [-0.2, -0.15) is 0 Å². The van der Waals surface area contributed by atoms with E-state index in [0.717, 1.165) is 11.8 Å². The highest BCUT2D eigenvalue weighted by molar-refractivity contribution is 6.14. The van der Waals surface area contributed by atoms with Crippen molar-refractivity contribution < 1.29 is 0 Å². The molecule has 0 spiro atoms. The van der Waals surface area contributed by atoms with Crippen LogP contribution in [-0.2, 0) is 0 Å². The second kappa shape index (κ2) is 5.89. The maximum atomic E-state index is 4.69. The molecule has 3 heteroatoms. The van der Waals surface area contributed by atoms with Gasteiger partial charge in [0.25, 0.3) is 0 Å². The van der Waals surface area contributed by atoms with E-state index < -0.39 is 0 Å². The summed E-state index contributed by atoms with van der Waals surface area (Å²) in [6.45, 7) is 8.27.